The van der Waals surface area contributed by atoms with Gasteiger partial charge in [0.2, 0.25) is 0 Å². The first kappa shape index (κ1) is 13.0. The van der Waals surface area contributed by atoms with Gasteiger partial charge in [-0.05, 0) is 25.7 Å². The molecule has 1 saturated carbocycles. The van der Waals surface area contributed by atoms with Gasteiger partial charge in [0.1, 0.15) is 6.29 Å². The van der Waals surface area contributed by atoms with Crippen LogP contribution in [0.1, 0.15) is 25.7 Å². The molecule has 0 bridgehead atoms. The molecule has 0 aromatic carbocycles. The Morgan fingerprint density at radius 3 is 2.65 bits per heavy atom. The number of rotatable bonds is 7. The monoisotopic (exact) mass is 241 g/mol. The lowest BCUT2D eigenvalue weighted by atomic mass is 9.81. The predicted octanol–water partition coefficient (Wildman–Crippen LogP) is 1.09. The molecule has 0 aromatic rings. The van der Waals surface area contributed by atoms with Crippen LogP contribution in [0, 0.1) is 5.41 Å². The van der Waals surface area contributed by atoms with E-state index in [0.29, 0.717) is 6.04 Å². The van der Waals surface area contributed by atoms with Crippen molar-refractivity contribution in [2.75, 3.05) is 40.0 Å². The van der Waals surface area contributed by atoms with Crippen molar-refractivity contribution in [2.24, 2.45) is 5.41 Å². The third-order valence-electron chi connectivity index (χ3n) is 3.90. The number of carbonyl (C=O) groups is 1. The van der Waals surface area contributed by atoms with Gasteiger partial charge in [0, 0.05) is 44.9 Å². The highest BCUT2D eigenvalue weighted by molar-refractivity contribution is 5.60. The molecular weight excluding hydrogens is 218 g/mol. The normalized spacial score (nSPS) is 23.9. The van der Waals surface area contributed by atoms with Crippen LogP contribution in [0.5, 0.6) is 0 Å². The Balaban J connectivity index is 1.91. The quantitative estimate of drug-likeness (QED) is 0.626. The van der Waals surface area contributed by atoms with Gasteiger partial charge in [-0.3, -0.25) is 4.90 Å². The number of hydrogen-bond donors (Lipinski definition) is 0. The zero-order chi connectivity index (χ0) is 12.1. The summed E-state index contributed by atoms with van der Waals surface area (Å²) in [6.07, 6.45) is 5.45. The molecule has 1 heterocycles. The summed E-state index contributed by atoms with van der Waals surface area (Å²) in [5.41, 5.74) is -0.172. The van der Waals surface area contributed by atoms with Gasteiger partial charge < -0.3 is 14.3 Å². The molecule has 4 nitrogen and oxygen atoms in total. The summed E-state index contributed by atoms with van der Waals surface area (Å²) >= 11 is 0. The SMILES string of the molecule is COCCN(CC1(C=O)CCOCC1)C1CC1. The van der Waals surface area contributed by atoms with E-state index in [1.165, 1.54) is 12.8 Å². The van der Waals surface area contributed by atoms with Crippen LogP contribution >= 0.6 is 0 Å². The zero-order valence-electron chi connectivity index (χ0n) is 10.7. The molecular formula is C13H23NO3. The van der Waals surface area contributed by atoms with Crippen LogP contribution in [0.4, 0.5) is 0 Å². The standard InChI is InChI=1S/C13H23NO3/c1-16-9-6-14(12-2-3-12)10-13(11-15)4-7-17-8-5-13/h11-12H,2-10H2,1H3. The average Bonchev–Trinajstić information content (AvgIpc) is 3.20. The van der Waals surface area contributed by atoms with E-state index in [4.69, 9.17) is 9.47 Å². The Morgan fingerprint density at radius 2 is 2.12 bits per heavy atom. The number of methoxy groups -OCH3 is 1. The first-order valence-corrected chi connectivity index (χ1v) is 6.57. The summed E-state index contributed by atoms with van der Waals surface area (Å²) in [4.78, 5) is 13.9. The zero-order valence-corrected chi connectivity index (χ0v) is 10.7. The van der Waals surface area contributed by atoms with Gasteiger partial charge >= 0.3 is 0 Å². The van der Waals surface area contributed by atoms with Gasteiger partial charge in [0.25, 0.3) is 0 Å². The van der Waals surface area contributed by atoms with Crippen molar-refractivity contribution in [3.05, 3.63) is 0 Å². The van der Waals surface area contributed by atoms with Crippen LogP contribution in [0.3, 0.4) is 0 Å². The lowest BCUT2D eigenvalue weighted by molar-refractivity contribution is -0.123. The molecule has 1 aliphatic carbocycles. The summed E-state index contributed by atoms with van der Waals surface area (Å²) in [6.45, 7) is 4.02. The van der Waals surface area contributed by atoms with Gasteiger partial charge in [-0.2, -0.15) is 0 Å². The van der Waals surface area contributed by atoms with Gasteiger partial charge in [-0.15, -0.1) is 0 Å². The Hall–Kier alpha value is -0.450. The number of nitrogens with zero attached hydrogens (tertiary/aromatic N) is 1. The highest BCUT2D eigenvalue weighted by Gasteiger charge is 2.38. The lowest BCUT2D eigenvalue weighted by Gasteiger charge is -2.37. The Kier molecular flexibility index (Phi) is 4.54. The van der Waals surface area contributed by atoms with Crippen molar-refractivity contribution in [2.45, 2.75) is 31.7 Å². The van der Waals surface area contributed by atoms with E-state index >= 15 is 0 Å². The smallest absolute Gasteiger partial charge is 0.127 e. The Bertz CT molecular complexity index is 247. The predicted molar refractivity (Wildman–Crippen MR) is 65.0 cm³/mol. The molecule has 1 saturated heterocycles. The largest absolute Gasteiger partial charge is 0.383 e. The summed E-state index contributed by atoms with van der Waals surface area (Å²) in [7, 11) is 1.73. The second kappa shape index (κ2) is 5.94. The molecule has 4 heteroatoms. The van der Waals surface area contributed by atoms with E-state index < -0.39 is 0 Å². The summed E-state index contributed by atoms with van der Waals surface area (Å²) < 4.78 is 10.5. The fourth-order valence-corrected chi connectivity index (χ4v) is 2.53. The van der Waals surface area contributed by atoms with Crippen LogP contribution in [-0.2, 0) is 14.3 Å². The van der Waals surface area contributed by atoms with Crippen LogP contribution in [-0.4, -0.2) is 57.2 Å². The molecule has 2 aliphatic rings. The number of hydrogen-bond acceptors (Lipinski definition) is 4. The number of aldehydes is 1. The topological polar surface area (TPSA) is 38.8 Å². The highest BCUT2D eigenvalue weighted by Crippen LogP contribution is 2.34. The summed E-state index contributed by atoms with van der Waals surface area (Å²) in [5.74, 6) is 0. The molecule has 0 N–H and O–H groups in total. The minimum absolute atomic E-state index is 0.172. The Morgan fingerprint density at radius 1 is 1.41 bits per heavy atom. The Labute approximate surface area is 103 Å². The van der Waals surface area contributed by atoms with E-state index in [2.05, 4.69) is 4.90 Å². The first-order valence-electron chi connectivity index (χ1n) is 6.57. The molecule has 0 aromatic heterocycles. The molecule has 0 radical (unpaired) electrons. The molecule has 0 atom stereocenters. The van der Waals surface area contributed by atoms with Crippen molar-refractivity contribution in [1.29, 1.82) is 0 Å². The number of carbonyl (C=O) groups excluding carboxylic acids is 1. The van der Waals surface area contributed by atoms with Crippen molar-refractivity contribution in [1.82, 2.24) is 4.90 Å². The lowest BCUT2D eigenvalue weighted by Crippen LogP contribution is -2.44. The van der Waals surface area contributed by atoms with Gasteiger partial charge in [0.05, 0.1) is 6.61 Å². The average molecular weight is 241 g/mol. The number of ether oxygens (including phenoxy) is 2. The minimum atomic E-state index is -0.172. The van der Waals surface area contributed by atoms with Crippen LogP contribution in [0.15, 0.2) is 0 Å². The minimum Gasteiger partial charge on any atom is -0.383 e. The maximum Gasteiger partial charge on any atom is 0.127 e. The van der Waals surface area contributed by atoms with Gasteiger partial charge in [-0.1, -0.05) is 0 Å². The van der Waals surface area contributed by atoms with Crippen molar-refractivity contribution >= 4 is 6.29 Å². The third-order valence-corrected chi connectivity index (χ3v) is 3.90. The highest BCUT2D eigenvalue weighted by atomic mass is 16.5. The first-order chi connectivity index (χ1) is 8.29. The van der Waals surface area contributed by atoms with E-state index in [9.17, 15) is 4.79 Å². The van der Waals surface area contributed by atoms with Crippen molar-refractivity contribution < 1.29 is 14.3 Å². The maximum absolute atomic E-state index is 11.4. The van der Waals surface area contributed by atoms with E-state index in [0.717, 1.165) is 52.0 Å². The second-order valence-electron chi connectivity index (χ2n) is 5.29. The fourth-order valence-electron chi connectivity index (χ4n) is 2.53. The molecule has 2 fully saturated rings. The third kappa shape index (κ3) is 3.50. The maximum atomic E-state index is 11.4. The van der Waals surface area contributed by atoms with Crippen LogP contribution < -0.4 is 0 Å². The molecule has 98 valence electrons. The molecule has 0 amide bonds. The summed E-state index contributed by atoms with van der Waals surface area (Å²) in [5, 5.41) is 0. The van der Waals surface area contributed by atoms with Crippen LogP contribution in [0.25, 0.3) is 0 Å². The van der Waals surface area contributed by atoms with Gasteiger partial charge in [0.15, 0.2) is 0 Å². The van der Waals surface area contributed by atoms with Crippen molar-refractivity contribution in [3.8, 4) is 0 Å². The van der Waals surface area contributed by atoms with E-state index in [1.807, 2.05) is 0 Å². The molecule has 17 heavy (non-hydrogen) atoms. The van der Waals surface area contributed by atoms with Crippen molar-refractivity contribution in [3.63, 3.8) is 0 Å². The van der Waals surface area contributed by atoms with E-state index in [-0.39, 0.29) is 5.41 Å². The molecule has 2 rings (SSSR count). The summed E-state index contributed by atoms with van der Waals surface area (Å²) in [6, 6.07) is 0.685. The fraction of sp³-hybridized carbons (Fsp3) is 0.923. The van der Waals surface area contributed by atoms with Crippen LogP contribution in [0.2, 0.25) is 0 Å². The second-order valence-corrected chi connectivity index (χ2v) is 5.29. The molecule has 1 aliphatic heterocycles. The van der Waals surface area contributed by atoms with Gasteiger partial charge in [-0.25, -0.2) is 0 Å². The molecule has 0 unspecified atom stereocenters. The molecule has 0 spiro atoms. The van der Waals surface area contributed by atoms with E-state index in [1.54, 1.807) is 7.11 Å².